The lowest BCUT2D eigenvalue weighted by Gasteiger charge is -2.27. The van der Waals surface area contributed by atoms with Crippen LogP contribution in [0.2, 0.25) is 0 Å². The van der Waals surface area contributed by atoms with Gasteiger partial charge < -0.3 is 10.1 Å². The molecule has 1 rings (SSSR count). The van der Waals surface area contributed by atoms with Crippen LogP contribution < -0.4 is 5.32 Å². The average molecular weight is 354 g/mol. The molecule has 0 spiro atoms. The zero-order chi connectivity index (χ0) is 18.1. The lowest BCUT2D eigenvalue weighted by molar-refractivity contribution is -0.125. The molecule has 3 nitrogen and oxygen atoms in total. The van der Waals surface area contributed by atoms with Gasteiger partial charge in [0.05, 0.1) is 12.1 Å². The maximum absolute atomic E-state index is 12.6. The Hall–Kier alpha value is -1.22. The molecular formula is C20H32ClNO2. The molecule has 1 fully saturated rings. The van der Waals surface area contributed by atoms with E-state index in [-0.39, 0.29) is 11.8 Å². The third-order valence-electron chi connectivity index (χ3n) is 4.97. The van der Waals surface area contributed by atoms with Crippen LogP contribution in [-0.4, -0.2) is 13.0 Å². The molecule has 1 amide bonds. The quantitative estimate of drug-likeness (QED) is 0.460. The number of methoxy groups -OCH3 is 1. The molecule has 136 valence electrons. The largest absolute Gasteiger partial charge is 0.496 e. The minimum absolute atomic E-state index is 0.0999. The Kier molecular flexibility index (Phi) is 9.20. The van der Waals surface area contributed by atoms with Crippen molar-refractivity contribution in [2.75, 3.05) is 7.11 Å². The van der Waals surface area contributed by atoms with Gasteiger partial charge in [0.1, 0.15) is 5.76 Å². The molecule has 1 aliphatic rings. The summed E-state index contributed by atoms with van der Waals surface area (Å²) in [5, 5.41) is 3.46. The molecule has 0 aliphatic heterocycles. The predicted molar refractivity (Wildman–Crippen MR) is 102 cm³/mol. The molecule has 0 aromatic rings. The summed E-state index contributed by atoms with van der Waals surface area (Å²) in [4.78, 5) is 12.6. The number of carbonyl (C=O) groups excluding carboxylic acids is 1. The molecule has 1 unspecified atom stereocenters. The fourth-order valence-electron chi connectivity index (χ4n) is 2.94. The van der Waals surface area contributed by atoms with Gasteiger partial charge in [0, 0.05) is 11.6 Å². The molecular weight excluding hydrogens is 322 g/mol. The van der Waals surface area contributed by atoms with E-state index in [4.69, 9.17) is 16.3 Å². The van der Waals surface area contributed by atoms with Crippen LogP contribution in [0.25, 0.3) is 0 Å². The van der Waals surface area contributed by atoms with Gasteiger partial charge in [0.25, 0.3) is 0 Å². The Morgan fingerprint density at radius 2 is 1.96 bits per heavy atom. The number of allylic oxidation sites excluding steroid dienone is 3. The first kappa shape index (κ1) is 20.8. The highest BCUT2D eigenvalue weighted by molar-refractivity contribution is 6.31. The fourth-order valence-corrected chi connectivity index (χ4v) is 3.14. The first-order valence-corrected chi connectivity index (χ1v) is 9.42. The van der Waals surface area contributed by atoms with Crippen LogP contribution in [0.1, 0.15) is 59.3 Å². The van der Waals surface area contributed by atoms with Crippen LogP contribution in [0.3, 0.4) is 0 Å². The van der Waals surface area contributed by atoms with Gasteiger partial charge >= 0.3 is 0 Å². The monoisotopic (exact) mass is 353 g/mol. The van der Waals surface area contributed by atoms with E-state index in [1.807, 2.05) is 6.08 Å². The number of halogens is 1. The summed E-state index contributed by atoms with van der Waals surface area (Å²) in [6, 6.07) is 0. The number of ether oxygens (including phenoxy) is 1. The summed E-state index contributed by atoms with van der Waals surface area (Å²) in [6.45, 7) is 10.2. The van der Waals surface area contributed by atoms with Gasteiger partial charge in [0.2, 0.25) is 5.91 Å². The van der Waals surface area contributed by atoms with Gasteiger partial charge in [-0.15, -0.1) is 0 Å². The van der Waals surface area contributed by atoms with Crippen molar-refractivity contribution < 1.29 is 9.53 Å². The first-order valence-electron chi connectivity index (χ1n) is 9.04. The van der Waals surface area contributed by atoms with Crippen molar-refractivity contribution >= 4 is 17.5 Å². The molecule has 0 bridgehead atoms. The highest BCUT2D eigenvalue weighted by Gasteiger charge is 2.25. The molecule has 1 atom stereocenters. The summed E-state index contributed by atoms with van der Waals surface area (Å²) >= 11 is 6.20. The van der Waals surface area contributed by atoms with E-state index in [1.54, 1.807) is 6.08 Å². The standard InChI is InChI=1S/C20H32ClNO2/c1-6-14(3)12-18(13-19(21)15(4)24-5)22-20(23)17-10-8-16(7-2)9-11-17/h12-14,16-17H,4,6-11H2,1-3,5H3,(H,22,23)/b18-12+,19-13+. The van der Waals surface area contributed by atoms with Crippen LogP contribution in [0, 0.1) is 17.8 Å². The van der Waals surface area contributed by atoms with Gasteiger partial charge in [-0.2, -0.15) is 0 Å². The molecule has 1 aliphatic carbocycles. The van der Waals surface area contributed by atoms with Crippen LogP contribution in [0.4, 0.5) is 0 Å². The second-order valence-electron chi connectivity index (χ2n) is 6.74. The fraction of sp³-hybridized carbons (Fsp3) is 0.650. The lowest BCUT2D eigenvalue weighted by atomic mass is 9.80. The highest BCUT2D eigenvalue weighted by atomic mass is 35.5. The second kappa shape index (κ2) is 10.6. The third-order valence-corrected chi connectivity index (χ3v) is 5.29. The van der Waals surface area contributed by atoms with Gasteiger partial charge in [-0.05, 0) is 43.6 Å². The highest BCUT2D eigenvalue weighted by Crippen LogP contribution is 2.31. The number of amides is 1. The normalized spacial score (nSPS) is 23.5. The zero-order valence-electron chi connectivity index (χ0n) is 15.5. The summed E-state index contributed by atoms with van der Waals surface area (Å²) in [5.41, 5.74) is 0.732. The van der Waals surface area contributed by atoms with Gasteiger partial charge in [0.15, 0.2) is 0 Å². The van der Waals surface area contributed by atoms with E-state index in [1.165, 1.54) is 13.5 Å². The zero-order valence-corrected chi connectivity index (χ0v) is 16.3. The van der Waals surface area contributed by atoms with Crippen molar-refractivity contribution in [3.05, 3.63) is 35.2 Å². The SMILES string of the molecule is C=C(OC)/C(Cl)=C\C(=C/C(C)CC)NC(=O)C1CCC(CC)CC1. The maximum atomic E-state index is 12.6. The van der Waals surface area contributed by atoms with Crippen LogP contribution in [0.5, 0.6) is 0 Å². The summed E-state index contributed by atoms with van der Waals surface area (Å²) in [6.07, 6.45) is 10.2. The maximum Gasteiger partial charge on any atom is 0.227 e. The third kappa shape index (κ3) is 6.72. The minimum Gasteiger partial charge on any atom is -0.496 e. The minimum atomic E-state index is 0.0999. The number of carbonyl (C=O) groups is 1. The number of hydrogen-bond donors (Lipinski definition) is 1. The molecule has 1 saturated carbocycles. The Morgan fingerprint density at radius 3 is 2.46 bits per heavy atom. The average Bonchev–Trinajstić information content (AvgIpc) is 2.60. The van der Waals surface area contributed by atoms with Gasteiger partial charge in [-0.25, -0.2) is 0 Å². The number of hydrogen-bond acceptors (Lipinski definition) is 2. The van der Waals surface area contributed by atoms with Crippen molar-refractivity contribution in [1.82, 2.24) is 5.32 Å². The van der Waals surface area contributed by atoms with E-state index < -0.39 is 0 Å². The number of rotatable bonds is 8. The van der Waals surface area contributed by atoms with Gasteiger partial charge in [-0.1, -0.05) is 57.9 Å². The molecule has 0 radical (unpaired) electrons. The predicted octanol–water partition coefficient (Wildman–Crippen LogP) is 5.53. The van der Waals surface area contributed by atoms with Crippen molar-refractivity contribution in [3.8, 4) is 0 Å². The molecule has 0 aromatic heterocycles. The van der Waals surface area contributed by atoms with Gasteiger partial charge in [-0.3, -0.25) is 4.79 Å². The Balaban J connectivity index is 2.80. The Bertz CT molecular complexity index is 488. The van der Waals surface area contributed by atoms with E-state index in [0.29, 0.717) is 16.7 Å². The topological polar surface area (TPSA) is 38.3 Å². The van der Waals surface area contributed by atoms with Crippen LogP contribution in [0.15, 0.2) is 35.2 Å². The molecule has 0 heterocycles. The Morgan fingerprint density at radius 1 is 1.33 bits per heavy atom. The van der Waals surface area contributed by atoms with Crippen molar-refractivity contribution in [1.29, 1.82) is 0 Å². The first-order chi connectivity index (χ1) is 11.4. The van der Waals surface area contributed by atoms with E-state index in [2.05, 4.69) is 32.7 Å². The van der Waals surface area contributed by atoms with Crippen LogP contribution >= 0.6 is 11.6 Å². The summed E-state index contributed by atoms with van der Waals surface area (Å²) in [7, 11) is 1.53. The lowest BCUT2D eigenvalue weighted by Crippen LogP contribution is -2.32. The molecule has 24 heavy (non-hydrogen) atoms. The van der Waals surface area contributed by atoms with E-state index >= 15 is 0 Å². The summed E-state index contributed by atoms with van der Waals surface area (Å²) in [5.74, 6) is 1.73. The van der Waals surface area contributed by atoms with Crippen molar-refractivity contribution in [3.63, 3.8) is 0 Å². The summed E-state index contributed by atoms with van der Waals surface area (Å²) < 4.78 is 5.05. The van der Waals surface area contributed by atoms with Crippen molar-refractivity contribution in [2.24, 2.45) is 17.8 Å². The van der Waals surface area contributed by atoms with Crippen molar-refractivity contribution in [2.45, 2.75) is 59.3 Å². The van der Waals surface area contributed by atoms with E-state index in [9.17, 15) is 4.79 Å². The smallest absolute Gasteiger partial charge is 0.227 e. The van der Waals surface area contributed by atoms with Crippen LogP contribution in [-0.2, 0) is 9.53 Å². The van der Waals surface area contributed by atoms with E-state index in [0.717, 1.165) is 43.7 Å². The second-order valence-corrected chi connectivity index (χ2v) is 7.15. The molecule has 1 N–H and O–H groups in total. The molecule has 0 aromatic carbocycles. The number of nitrogens with one attached hydrogen (secondary N) is 1. The molecule has 4 heteroatoms. The molecule has 0 saturated heterocycles. The Labute approximate surface area is 152 Å².